The first-order chi connectivity index (χ1) is 9.56. The molecule has 2 N–H and O–H groups in total. The van der Waals surface area contributed by atoms with Crippen molar-refractivity contribution in [3.05, 3.63) is 30.1 Å². The van der Waals surface area contributed by atoms with Gasteiger partial charge in [0, 0.05) is 12.6 Å². The van der Waals surface area contributed by atoms with Gasteiger partial charge < -0.3 is 10.6 Å². The van der Waals surface area contributed by atoms with Crippen molar-refractivity contribution in [1.82, 2.24) is 19.7 Å². The second kappa shape index (κ2) is 4.34. The molecule has 0 unspecified atom stereocenters. The van der Waals surface area contributed by atoms with Crippen molar-refractivity contribution in [3.8, 4) is 0 Å². The summed E-state index contributed by atoms with van der Waals surface area (Å²) in [5, 5.41) is 5.43. The monoisotopic (exact) mass is 277 g/mol. The van der Waals surface area contributed by atoms with Crippen LogP contribution in [0.15, 0.2) is 18.9 Å². The quantitative estimate of drug-likeness (QED) is 0.775. The molecule has 0 saturated carbocycles. The Labute approximate surface area is 115 Å². The second-order valence-electron chi connectivity index (χ2n) is 4.77. The van der Waals surface area contributed by atoms with E-state index in [0.29, 0.717) is 12.2 Å². The summed E-state index contributed by atoms with van der Waals surface area (Å²) in [7, 11) is 1.72. The van der Waals surface area contributed by atoms with Crippen LogP contribution in [0.5, 0.6) is 0 Å². The number of fused-ring (bicyclic) bond motifs is 4. The molecule has 8 heteroatoms. The van der Waals surface area contributed by atoms with Crippen molar-refractivity contribution in [3.63, 3.8) is 0 Å². The molecule has 2 atom stereocenters. The molecule has 0 aromatic carbocycles. The third-order valence-corrected chi connectivity index (χ3v) is 3.63. The standard InChI is InChI=1S/C12H15N5O3/c1-3-4-20-17-8-6-16(12(17)19)10(11(13)18)9-7(8)5-14-15(9)2/h3,5,8,10H,1,4,6H2,2H3,(H2,13,18)/t8-,10+/m1/s1. The number of hydrogen-bond acceptors (Lipinski definition) is 4. The summed E-state index contributed by atoms with van der Waals surface area (Å²) in [6, 6.07) is -1.45. The third-order valence-electron chi connectivity index (χ3n) is 3.63. The minimum absolute atomic E-state index is 0.215. The van der Waals surface area contributed by atoms with Gasteiger partial charge in [0.15, 0.2) is 6.04 Å². The number of primary amides is 1. The van der Waals surface area contributed by atoms with Crippen LogP contribution in [0, 0.1) is 0 Å². The summed E-state index contributed by atoms with van der Waals surface area (Å²) in [5.41, 5.74) is 6.89. The maximum atomic E-state index is 12.3. The zero-order valence-electron chi connectivity index (χ0n) is 11.0. The van der Waals surface area contributed by atoms with Crippen LogP contribution in [0.2, 0.25) is 0 Å². The van der Waals surface area contributed by atoms with Crippen LogP contribution in [-0.4, -0.2) is 44.8 Å². The zero-order chi connectivity index (χ0) is 14.4. The molecule has 0 aliphatic carbocycles. The highest BCUT2D eigenvalue weighted by Gasteiger charge is 2.52. The van der Waals surface area contributed by atoms with E-state index in [0.717, 1.165) is 5.56 Å². The molecular formula is C12H15N5O3. The van der Waals surface area contributed by atoms with Gasteiger partial charge in [0.25, 0.3) is 0 Å². The zero-order valence-corrected chi connectivity index (χ0v) is 11.0. The Morgan fingerprint density at radius 2 is 2.45 bits per heavy atom. The van der Waals surface area contributed by atoms with Gasteiger partial charge in [-0.05, 0) is 0 Å². The number of hydroxylamine groups is 2. The molecule has 1 aromatic rings. The predicted molar refractivity (Wildman–Crippen MR) is 68.0 cm³/mol. The highest BCUT2D eigenvalue weighted by atomic mass is 16.7. The van der Waals surface area contributed by atoms with Gasteiger partial charge in [0.05, 0.1) is 25.0 Å². The highest BCUT2D eigenvalue weighted by Crippen LogP contribution is 2.43. The van der Waals surface area contributed by atoms with Crippen LogP contribution in [0.25, 0.3) is 0 Å². The lowest BCUT2D eigenvalue weighted by Crippen LogP contribution is -2.42. The van der Waals surface area contributed by atoms with Gasteiger partial charge in [-0.25, -0.2) is 4.79 Å². The number of nitrogens with two attached hydrogens (primary N) is 1. The lowest BCUT2D eigenvalue weighted by atomic mass is 9.98. The van der Waals surface area contributed by atoms with E-state index in [1.54, 1.807) is 24.0 Å². The average Bonchev–Trinajstić information content (AvgIpc) is 2.91. The number of aryl methyl sites for hydroxylation is 1. The van der Waals surface area contributed by atoms with Crippen molar-refractivity contribution < 1.29 is 14.4 Å². The van der Waals surface area contributed by atoms with E-state index < -0.39 is 11.9 Å². The first-order valence-corrected chi connectivity index (χ1v) is 6.21. The molecule has 0 spiro atoms. The van der Waals surface area contributed by atoms with Crippen LogP contribution >= 0.6 is 0 Å². The summed E-state index contributed by atoms with van der Waals surface area (Å²) in [6.45, 7) is 4.14. The number of amides is 3. The molecule has 1 aromatic heterocycles. The van der Waals surface area contributed by atoms with Gasteiger partial charge >= 0.3 is 6.03 Å². The van der Waals surface area contributed by atoms with E-state index in [-0.39, 0.29) is 18.7 Å². The van der Waals surface area contributed by atoms with Crippen LogP contribution in [0.3, 0.4) is 0 Å². The van der Waals surface area contributed by atoms with Gasteiger partial charge in [-0.1, -0.05) is 6.08 Å². The van der Waals surface area contributed by atoms with E-state index in [1.807, 2.05) is 0 Å². The first kappa shape index (κ1) is 12.7. The normalized spacial score (nSPS) is 23.9. The lowest BCUT2D eigenvalue weighted by Gasteiger charge is -2.28. The first-order valence-electron chi connectivity index (χ1n) is 6.21. The van der Waals surface area contributed by atoms with Crippen LogP contribution < -0.4 is 5.73 Å². The second-order valence-corrected chi connectivity index (χ2v) is 4.77. The maximum Gasteiger partial charge on any atom is 0.345 e. The number of aromatic nitrogens is 2. The van der Waals surface area contributed by atoms with Gasteiger partial charge in [-0.3, -0.25) is 14.3 Å². The van der Waals surface area contributed by atoms with E-state index in [9.17, 15) is 9.59 Å². The van der Waals surface area contributed by atoms with Crippen molar-refractivity contribution in [1.29, 1.82) is 0 Å². The van der Waals surface area contributed by atoms with Crippen LogP contribution in [0.1, 0.15) is 23.3 Å². The molecule has 2 aliphatic heterocycles. The number of rotatable bonds is 4. The van der Waals surface area contributed by atoms with Gasteiger partial charge in [-0.2, -0.15) is 10.2 Å². The Bertz CT molecular complexity index is 596. The molecule has 1 fully saturated rings. The van der Waals surface area contributed by atoms with Crippen molar-refractivity contribution in [2.24, 2.45) is 12.8 Å². The number of urea groups is 1. The van der Waals surface area contributed by atoms with Gasteiger partial charge in [0.2, 0.25) is 5.91 Å². The summed E-state index contributed by atoms with van der Waals surface area (Å²) in [5.74, 6) is -0.577. The summed E-state index contributed by atoms with van der Waals surface area (Å²) in [4.78, 5) is 30.9. The maximum absolute atomic E-state index is 12.3. The van der Waals surface area contributed by atoms with Crippen molar-refractivity contribution in [2.75, 3.05) is 13.2 Å². The molecule has 1 saturated heterocycles. The van der Waals surface area contributed by atoms with Crippen LogP contribution in [0.4, 0.5) is 4.79 Å². The molecule has 106 valence electrons. The summed E-state index contributed by atoms with van der Waals surface area (Å²) < 4.78 is 1.58. The molecule has 3 rings (SSSR count). The smallest absolute Gasteiger partial charge is 0.345 e. The number of carbonyl (C=O) groups excluding carboxylic acids is 2. The molecule has 2 bridgehead atoms. The largest absolute Gasteiger partial charge is 0.368 e. The van der Waals surface area contributed by atoms with Gasteiger partial charge in [0.1, 0.15) is 6.04 Å². The Hall–Kier alpha value is -2.35. The number of hydrogen-bond donors (Lipinski definition) is 1. The molecular weight excluding hydrogens is 262 g/mol. The number of nitrogens with zero attached hydrogens (tertiary/aromatic N) is 4. The van der Waals surface area contributed by atoms with Gasteiger partial charge in [-0.15, -0.1) is 6.58 Å². The number of carbonyl (C=O) groups is 2. The molecule has 3 heterocycles. The minimum Gasteiger partial charge on any atom is -0.368 e. The fourth-order valence-electron chi connectivity index (χ4n) is 2.81. The lowest BCUT2D eigenvalue weighted by molar-refractivity contribution is -0.123. The molecule has 20 heavy (non-hydrogen) atoms. The van der Waals surface area contributed by atoms with E-state index in [2.05, 4.69) is 11.7 Å². The Morgan fingerprint density at radius 1 is 1.70 bits per heavy atom. The highest BCUT2D eigenvalue weighted by molar-refractivity contribution is 5.89. The van der Waals surface area contributed by atoms with Crippen molar-refractivity contribution >= 4 is 11.9 Å². The predicted octanol–water partition coefficient (Wildman–Crippen LogP) is -0.144. The fraction of sp³-hybridized carbons (Fsp3) is 0.417. The van der Waals surface area contributed by atoms with Crippen molar-refractivity contribution in [2.45, 2.75) is 12.1 Å². The average molecular weight is 277 g/mol. The van der Waals surface area contributed by atoms with E-state index in [4.69, 9.17) is 10.6 Å². The molecule has 8 nitrogen and oxygen atoms in total. The fourth-order valence-corrected chi connectivity index (χ4v) is 2.81. The van der Waals surface area contributed by atoms with Crippen LogP contribution in [-0.2, 0) is 16.7 Å². The SMILES string of the molecule is C=CCON1C(=O)N2C[C@@H]1c1cnn(C)c1[C@H]2C(N)=O. The molecule has 3 amide bonds. The Morgan fingerprint density at radius 3 is 3.10 bits per heavy atom. The summed E-state index contributed by atoms with van der Waals surface area (Å²) >= 11 is 0. The molecule has 2 aliphatic rings. The minimum atomic E-state index is -0.807. The van der Waals surface area contributed by atoms with E-state index >= 15 is 0 Å². The topological polar surface area (TPSA) is 93.7 Å². The molecule has 0 radical (unpaired) electrons. The third kappa shape index (κ3) is 1.54. The Balaban J connectivity index is 2.06. The summed E-state index contributed by atoms with van der Waals surface area (Å²) in [6.07, 6.45) is 3.21. The van der Waals surface area contributed by atoms with E-state index in [1.165, 1.54) is 9.96 Å². The Kier molecular flexibility index (Phi) is 2.75.